The molecule has 2 rings (SSSR count). The molecule has 108 valence electrons. The maximum atomic E-state index is 6.26. The lowest BCUT2D eigenvalue weighted by molar-refractivity contribution is 0.392. The van der Waals surface area contributed by atoms with Crippen LogP contribution in [0.3, 0.4) is 0 Å². The molecule has 0 saturated carbocycles. The van der Waals surface area contributed by atoms with Crippen LogP contribution in [-0.2, 0) is 12.8 Å². The maximum Gasteiger partial charge on any atom is 0.121 e. The van der Waals surface area contributed by atoms with E-state index in [-0.39, 0.29) is 6.04 Å². The summed E-state index contributed by atoms with van der Waals surface area (Å²) in [4.78, 5) is 0. The van der Waals surface area contributed by atoms with Crippen LogP contribution in [0.5, 0.6) is 0 Å². The molecule has 0 amide bonds. The number of furan rings is 1. The number of aryl methyl sites for hydroxylation is 1. The molecule has 0 aliphatic carbocycles. The second-order valence-corrected chi connectivity index (χ2v) is 5.37. The third kappa shape index (κ3) is 3.87. The van der Waals surface area contributed by atoms with Crippen LogP contribution in [0, 0.1) is 0 Å². The molecule has 20 heavy (non-hydrogen) atoms. The number of rotatable bonds is 7. The van der Waals surface area contributed by atoms with Gasteiger partial charge in [-0.3, -0.25) is 0 Å². The van der Waals surface area contributed by atoms with Gasteiger partial charge in [0.2, 0.25) is 0 Å². The average molecular weight is 292 g/mol. The monoisotopic (exact) mass is 291 g/mol. The summed E-state index contributed by atoms with van der Waals surface area (Å²) in [5.74, 6) is 2.03. The first-order valence-corrected chi connectivity index (χ1v) is 7.67. The predicted octanol–water partition coefficient (Wildman–Crippen LogP) is 4.78. The molecule has 0 saturated heterocycles. The maximum absolute atomic E-state index is 6.26. The Bertz CT molecular complexity index is 535. The Morgan fingerprint density at radius 3 is 2.60 bits per heavy atom. The van der Waals surface area contributed by atoms with Crippen molar-refractivity contribution in [1.29, 1.82) is 0 Å². The molecule has 3 heteroatoms. The van der Waals surface area contributed by atoms with Crippen molar-refractivity contribution in [2.45, 2.75) is 39.2 Å². The van der Waals surface area contributed by atoms with Crippen molar-refractivity contribution in [2.75, 3.05) is 6.54 Å². The van der Waals surface area contributed by atoms with Crippen molar-refractivity contribution in [3.8, 4) is 0 Å². The van der Waals surface area contributed by atoms with Gasteiger partial charge in [0.25, 0.3) is 0 Å². The van der Waals surface area contributed by atoms with E-state index in [1.165, 1.54) is 0 Å². The van der Waals surface area contributed by atoms with Gasteiger partial charge in [0, 0.05) is 11.4 Å². The lowest BCUT2D eigenvalue weighted by Gasteiger charge is -2.17. The summed E-state index contributed by atoms with van der Waals surface area (Å²) >= 11 is 6.26. The zero-order chi connectivity index (χ0) is 14.4. The van der Waals surface area contributed by atoms with E-state index in [1.807, 2.05) is 18.2 Å². The van der Waals surface area contributed by atoms with Crippen molar-refractivity contribution in [3.63, 3.8) is 0 Å². The molecule has 1 heterocycles. The second-order valence-electron chi connectivity index (χ2n) is 4.96. The minimum Gasteiger partial charge on any atom is -0.464 e. The molecule has 1 unspecified atom stereocenters. The molecule has 1 aromatic heterocycles. The molecule has 2 nitrogen and oxygen atoms in total. The van der Waals surface area contributed by atoms with E-state index < -0.39 is 0 Å². The van der Waals surface area contributed by atoms with Crippen LogP contribution in [-0.4, -0.2) is 6.54 Å². The van der Waals surface area contributed by atoms with Crippen LogP contribution in [0.15, 0.2) is 40.8 Å². The van der Waals surface area contributed by atoms with Gasteiger partial charge in [-0.1, -0.05) is 43.6 Å². The Morgan fingerprint density at radius 2 is 1.95 bits per heavy atom. The number of hydrogen-bond donors (Lipinski definition) is 1. The molecule has 1 atom stereocenters. The van der Waals surface area contributed by atoms with Crippen LogP contribution in [0.25, 0.3) is 0 Å². The smallest absolute Gasteiger partial charge is 0.121 e. The predicted molar refractivity (Wildman–Crippen MR) is 84.3 cm³/mol. The molecular weight excluding hydrogens is 270 g/mol. The van der Waals surface area contributed by atoms with Crippen molar-refractivity contribution in [2.24, 2.45) is 0 Å². The van der Waals surface area contributed by atoms with Crippen molar-refractivity contribution >= 4 is 11.6 Å². The first kappa shape index (κ1) is 15.1. The highest BCUT2D eigenvalue weighted by Gasteiger charge is 2.16. The summed E-state index contributed by atoms with van der Waals surface area (Å²) in [7, 11) is 0. The summed E-state index contributed by atoms with van der Waals surface area (Å²) < 4.78 is 5.90. The third-order valence-electron chi connectivity index (χ3n) is 3.40. The first-order chi connectivity index (χ1) is 9.74. The van der Waals surface area contributed by atoms with Crippen molar-refractivity contribution < 1.29 is 4.42 Å². The molecule has 0 fully saturated rings. The highest BCUT2D eigenvalue weighted by molar-refractivity contribution is 6.31. The van der Waals surface area contributed by atoms with Gasteiger partial charge in [-0.25, -0.2) is 0 Å². The van der Waals surface area contributed by atoms with Gasteiger partial charge in [0.05, 0.1) is 6.04 Å². The number of halogens is 1. The van der Waals surface area contributed by atoms with Gasteiger partial charge in [-0.2, -0.15) is 0 Å². The topological polar surface area (TPSA) is 25.2 Å². The average Bonchev–Trinajstić information content (AvgIpc) is 2.94. The Kier molecular flexibility index (Phi) is 5.69. The Labute approximate surface area is 126 Å². The molecule has 1 aromatic carbocycles. The Morgan fingerprint density at radius 1 is 1.15 bits per heavy atom. The zero-order valence-corrected chi connectivity index (χ0v) is 12.9. The Hall–Kier alpha value is -1.25. The largest absolute Gasteiger partial charge is 0.464 e. The minimum atomic E-state index is 0.176. The van der Waals surface area contributed by atoms with Crippen LogP contribution in [0.1, 0.15) is 43.4 Å². The fraction of sp³-hybridized carbons (Fsp3) is 0.412. The van der Waals surface area contributed by atoms with Gasteiger partial charge in [-0.05, 0) is 43.1 Å². The number of nitrogens with one attached hydrogen (secondary N) is 1. The van der Waals surface area contributed by atoms with Crippen LogP contribution in [0.4, 0.5) is 0 Å². The standard InChI is InChI=1S/C17H22ClNO/c1-3-11-19-16(17-10-9-14(4-2)20-17)12-13-7-5-6-8-15(13)18/h5-10,16,19H,3-4,11-12H2,1-2H3. The van der Waals surface area contributed by atoms with Gasteiger partial charge in [0.15, 0.2) is 0 Å². The van der Waals surface area contributed by atoms with E-state index in [9.17, 15) is 0 Å². The lowest BCUT2D eigenvalue weighted by atomic mass is 10.0. The normalized spacial score (nSPS) is 12.6. The van der Waals surface area contributed by atoms with E-state index in [2.05, 4.69) is 37.4 Å². The van der Waals surface area contributed by atoms with E-state index >= 15 is 0 Å². The van der Waals surface area contributed by atoms with Crippen LogP contribution in [0.2, 0.25) is 5.02 Å². The quantitative estimate of drug-likeness (QED) is 0.794. The van der Waals surface area contributed by atoms with E-state index in [0.29, 0.717) is 0 Å². The highest BCUT2D eigenvalue weighted by Crippen LogP contribution is 2.25. The van der Waals surface area contributed by atoms with Gasteiger partial charge in [-0.15, -0.1) is 0 Å². The van der Waals surface area contributed by atoms with Crippen LogP contribution >= 0.6 is 11.6 Å². The molecule has 0 radical (unpaired) electrons. The van der Waals surface area contributed by atoms with Crippen LogP contribution < -0.4 is 5.32 Å². The molecule has 0 aliphatic rings. The summed E-state index contributed by atoms with van der Waals surface area (Å²) in [5.41, 5.74) is 1.15. The molecular formula is C17H22ClNO. The van der Waals surface area contributed by atoms with Gasteiger partial charge >= 0.3 is 0 Å². The van der Waals surface area contributed by atoms with Gasteiger partial charge < -0.3 is 9.73 Å². The second kappa shape index (κ2) is 7.51. The number of hydrogen-bond acceptors (Lipinski definition) is 2. The molecule has 0 aliphatic heterocycles. The number of benzene rings is 1. The first-order valence-electron chi connectivity index (χ1n) is 7.30. The fourth-order valence-electron chi connectivity index (χ4n) is 2.25. The van der Waals surface area contributed by atoms with Gasteiger partial charge in [0.1, 0.15) is 11.5 Å². The summed E-state index contributed by atoms with van der Waals surface area (Å²) in [6.45, 7) is 5.24. The van der Waals surface area contributed by atoms with Crippen molar-refractivity contribution in [1.82, 2.24) is 5.32 Å². The summed E-state index contributed by atoms with van der Waals surface area (Å²) in [6.07, 6.45) is 2.86. The van der Waals surface area contributed by atoms with Crippen molar-refractivity contribution in [3.05, 3.63) is 58.5 Å². The van der Waals surface area contributed by atoms with E-state index in [4.69, 9.17) is 16.0 Å². The van der Waals surface area contributed by atoms with E-state index in [1.54, 1.807) is 0 Å². The highest BCUT2D eigenvalue weighted by atomic mass is 35.5. The minimum absolute atomic E-state index is 0.176. The molecule has 0 bridgehead atoms. The zero-order valence-electron chi connectivity index (χ0n) is 12.2. The summed E-state index contributed by atoms with van der Waals surface area (Å²) in [6, 6.07) is 12.3. The summed E-state index contributed by atoms with van der Waals surface area (Å²) in [5, 5.41) is 4.36. The third-order valence-corrected chi connectivity index (χ3v) is 3.77. The molecule has 2 aromatic rings. The SMILES string of the molecule is CCCNC(Cc1ccccc1Cl)c1ccc(CC)o1. The molecule has 1 N–H and O–H groups in total. The lowest BCUT2D eigenvalue weighted by Crippen LogP contribution is -2.23. The fourth-order valence-corrected chi connectivity index (χ4v) is 2.46. The molecule has 0 spiro atoms. The van der Waals surface area contributed by atoms with E-state index in [0.717, 1.165) is 47.9 Å². The Balaban J connectivity index is 2.17.